The van der Waals surface area contributed by atoms with Crippen LogP contribution in [0.4, 0.5) is 11.4 Å². The standard InChI is InChI=1S/C13H19BrN2O4S/c1-4-13(5-2,21(3,19)20)9-15-11-8-10(14)6-7-12(11)16(17)18/h6-8,15H,4-5,9H2,1-3H3. The number of halogens is 1. The van der Waals surface area contributed by atoms with Gasteiger partial charge in [0, 0.05) is 23.3 Å². The van der Waals surface area contributed by atoms with E-state index >= 15 is 0 Å². The second-order valence-corrected chi connectivity index (χ2v) is 8.26. The number of anilines is 1. The van der Waals surface area contributed by atoms with Gasteiger partial charge in [-0.1, -0.05) is 29.8 Å². The first-order valence-corrected chi connectivity index (χ1v) is 9.22. The van der Waals surface area contributed by atoms with Crippen molar-refractivity contribution in [2.24, 2.45) is 0 Å². The minimum Gasteiger partial charge on any atom is -0.378 e. The van der Waals surface area contributed by atoms with Gasteiger partial charge in [-0.25, -0.2) is 8.42 Å². The molecule has 0 saturated heterocycles. The molecular formula is C13H19BrN2O4S. The highest BCUT2D eigenvalue weighted by Gasteiger charge is 2.37. The van der Waals surface area contributed by atoms with E-state index in [9.17, 15) is 18.5 Å². The molecule has 0 amide bonds. The second-order valence-electron chi connectivity index (χ2n) is 4.93. The van der Waals surface area contributed by atoms with Crippen LogP contribution in [0, 0.1) is 10.1 Å². The fourth-order valence-corrected chi connectivity index (χ4v) is 3.97. The Kier molecular flexibility index (Phi) is 5.75. The molecule has 0 aliphatic carbocycles. The van der Waals surface area contributed by atoms with Crippen molar-refractivity contribution in [2.45, 2.75) is 31.4 Å². The van der Waals surface area contributed by atoms with E-state index in [-0.39, 0.29) is 12.2 Å². The number of rotatable bonds is 7. The molecule has 0 aliphatic rings. The highest BCUT2D eigenvalue weighted by Crippen LogP contribution is 2.31. The van der Waals surface area contributed by atoms with E-state index in [2.05, 4.69) is 21.2 Å². The van der Waals surface area contributed by atoms with Crippen LogP contribution in [-0.2, 0) is 9.84 Å². The van der Waals surface area contributed by atoms with Crippen LogP contribution in [0.25, 0.3) is 0 Å². The number of hydrogen-bond donors (Lipinski definition) is 1. The monoisotopic (exact) mass is 378 g/mol. The van der Waals surface area contributed by atoms with Gasteiger partial charge < -0.3 is 5.32 Å². The molecule has 8 heteroatoms. The molecule has 6 nitrogen and oxygen atoms in total. The zero-order valence-corrected chi connectivity index (χ0v) is 14.6. The normalized spacial score (nSPS) is 12.2. The van der Waals surface area contributed by atoms with E-state index in [1.807, 2.05) is 13.8 Å². The number of sulfone groups is 1. The average Bonchev–Trinajstić information content (AvgIpc) is 2.38. The summed E-state index contributed by atoms with van der Waals surface area (Å²) in [6, 6.07) is 4.54. The third kappa shape index (κ3) is 3.94. The molecule has 0 saturated carbocycles. The van der Waals surface area contributed by atoms with Crippen LogP contribution in [0.5, 0.6) is 0 Å². The van der Waals surface area contributed by atoms with E-state index in [1.165, 1.54) is 12.3 Å². The summed E-state index contributed by atoms with van der Waals surface area (Å²) in [4.78, 5) is 10.5. The van der Waals surface area contributed by atoms with Crippen LogP contribution in [0.1, 0.15) is 26.7 Å². The molecule has 118 valence electrons. The Morgan fingerprint density at radius 3 is 2.33 bits per heavy atom. The summed E-state index contributed by atoms with van der Waals surface area (Å²) in [6.45, 7) is 3.75. The van der Waals surface area contributed by atoms with Crippen LogP contribution in [0.15, 0.2) is 22.7 Å². The molecule has 0 spiro atoms. The summed E-state index contributed by atoms with van der Waals surface area (Å²) in [5.74, 6) is 0. The molecule has 0 radical (unpaired) electrons. The van der Waals surface area contributed by atoms with Crippen molar-refractivity contribution in [3.8, 4) is 0 Å². The lowest BCUT2D eigenvalue weighted by atomic mass is 10.0. The summed E-state index contributed by atoms with van der Waals surface area (Å²) in [7, 11) is -3.28. The molecule has 1 aromatic rings. The summed E-state index contributed by atoms with van der Waals surface area (Å²) in [5, 5.41) is 14.0. The van der Waals surface area contributed by atoms with Gasteiger partial charge in [-0.2, -0.15) is 0 Å². The smallest absolute Gasteiger partial charge is 0.292 e. The number of benzene rings is 1. The van der Waals surface area contributed by atoms with Gasteiger partial charge in [0.05, 0.1) is 9.67 Å². The first-order valence-electron chi connectivity index (χ1n) is 6.54. The van der Waals surface area contributed by atoms with Crippen molar-refractivity contribution < 1.29 is 13.3 Å². The molecule has 0 aromatic heterocycles. The van der Waals surface area contributed by atoms with E-state index in [1.54, 1.807) is 12.1 Å². The number of nitro benzene ring substituents is 1. The molecule has 0 aliphatic heterocycles. The fourth-order valence-electron chi connectivity index (χ4n) is 2.22. The third-order valence-electron chi connectivity index (χ3n) is 3.83. The van der Waals surface area contributed by atoms with Crippen LogP contribution >= 0.6 is 15.9 Å². The van der Waals surface area contributed by atoms with Crippen LogP contribution in [-0.4, -0.2) is 30.9 Å². The maximum absolute atomic E-state index is 12.0. The highest BCUT2D eigenvalue weighted by atomic mass is 79.9. The third-order valence-corrected chi connectivity index (χ3v) is 6.62. The van der Waals surface area contributed by atoms with Gasteiger partial charge in [0.2, 0.25) is 0 Å². The van der Waals surface area contributed by atoms with Crippen molar-refractivity contribution in [1.82, 2.24) is 0 Å². The van der Waals surface area contributed by atoms with Gasteiger partial charge in [0.1, 0.15) is 5.69 Å². The molecule has 0 unspecified atom stereocenters. The molecule has 21 heavy (non-hydrogen) atoms. The average molecular weight is 379 g/mol. The maximum Gasteiger partial charge on any atom is 0.292 e. The second kappa shape index (κ2) is 6.74. The summed E-state index contributed by atoms with van der Waals surface area (Å²) in [5.41, 5.74) is 0.233. The van der Waals surface area contributed by atoms with Crippen molar-refractivity contribution in [3.05, 3.63) is 32.8 Å². The lowest BCUT2D eigenvalue weighted by molar-refractivity contribution is -0.384. The first kappa shape index (κ1) is 17.9. The summed E-state index contributed by atoms with van der Waals surface area (Å²) < 4.78 is 23.8. The van der Waals surface area contributed by atoms with Gasteiger partial charge in [-0.3, -0.25) is 10.1 Å². The molecule has 1 aromatic carbocycles. The Morgan fingerprint density at radius 1 is 1.33 bits per heavy atom. The Bertz CT molecular complexity index is 627. The summed E-state index contributed by atoms with van der Waals surface area (Å²) in [6.07, 6.45) is 2.09. The highest BCUT2D eigenvalue weighted by molar-refractivity contribution is 9.10. The summed E-state index contributed by atoms with van der Waals surface area (Å²) >= 11 is 3.26. The number of hydrogen-bond acceptors (Lipinski definition) is 5. The number of nitro groups is 1. The van der Waals surface area contributed by atoms with Crippen molar-refractivity contribution in [2.75, 3.05) is 18.1 Å². The fraction of sp³-hybridized carbons (Fsp3) is 0.538. The van der Waals surface area contributed by atoms with Gasteiger partial charge in [-0.05, 0) is 25.0 Å². The maximum atomic E-state index is 12.0. The Labute approximate surface area is 133 Å². The van der Waals surface area contributed by atoms with E-state index in [4.69, 9.17) is 0 Å². The molecule has 0 atom stereocenters. The first-order chi connectivity index (χ1) is 9.66. The van der Waals surface area contributed by atoms with Gasteiger partial charge in [0.25, 0.3) is 5.69 Å². The quantitative estimate of drug-likeness (QED) is 0.580. The largest absolute Gasteiger partial charge is 0.378 e. The lowest BCUT2D eigenvalue weighted by Crippen LogP contribution is -2.43. The molecule has 0 bridgehead atoms. The molecule has 0 heterocycles. The van der Waals surface area contributed by atoms with E-state index in [0.29, 0.717) is 23.0 Å². The topological polar surface area (TPSA) is 89.3 Å². The predicted molar refractivity (Wildman–Crippen MR) is 87.4 cm³/mol. The van der Waals surface area contributed by atoms with Crippen molar-refractivity contribution in [3.63, 3.8) is 0 Å². The Hall–Kier alpha value is -1.15. The van der Waals surface area contributed by atoms with Gasteiger partial charge in [-0.15, -0.1) is 0 Å². The van der Waals surface area contributed by atoms with Gasteiger partial charge >= 0.3 is 0 Å². The van der Waals surface area contributed by atoms with Crippen LogP contribution < -0.4 is 5.32 Å². The molecule has 1 rings (SSSR count). The van der Waals surface area contributed by atoms with Crippen LogP contribution in [0.2, 0.25) is 0 Å². The zero-order chi connectivity index (χ0) is 16.3. The number of nitrogens with one attached hydrogen (secondary N) is 1. The van der Waals surface area contributed by atoms with Gasteiger partial charge in [0.15, 0.2) is 9.84 Å². The van der Waals surface area contributed by atoms with Crippen LogP contribution in [0.3, 0.4) is 0 Å². The molecule has 1 N–H and O–H groups in total. The van der Waals surface area contributed by atoms with Crippen molar-refractivity contribution >= 4 is 37.1 Å². The number of nitrogens with zero attached hydrogens (tertiary/aromatic N) is 1. The minimum absolute atomic E-state index is 0.0761. The molecule has 0 fully saturated rings. The molecular weight excluding hydrogens is 360 g/mol. The van der Waals surface area contributed by atoms with E-state index < -0.39 is 19.5 Å². The lowest BCUT2D eigenvalue weighted by Gasteiger charge is -2.30. The minimum atomic E-state index is -3.28. The van der Waals surface area contributed by atoms with Crippen molar-refractivity contribution in [1.29, 1.82) is 0 Å². The Balaban J connectivity index is 3.12. The predicted octanol–water partition coefficient (Wildman–Crippen LogP) is 3.37. The SMILES string of the molecule is CCC(CC)(CNc1cc(Br)ccc1[N+](=O)[O-])S(C)(=O)=O. The Morgan fingerprint density at radius 2 is 1.90 bits per heavy atom. The van der Waals surface area contributed by atoms with E-state index in [0.717, 1.165) is 0 Å². The zero-order valence-electron chi connectivity index (χ0n) is 12.2.